The topological polar surface area (TPSA) is 60.5 Å². The highest BCUT2D eigenvalue weighted by atomic mass is 16.5. The number of pyridine rings is 1. The van der Waals surface area contributed by atoms with Crippen LogP contribution >= 0.6 is 0 Å². The lowest BCUT2D eigenvalue weighted by Crippen LogP contribution is -2.19. The van der Waals surface area contributed by atoms with Gasteiger partial charge in [0.05, 0.1) is 31.0 Å². The van der Waals surface area contributed by atoms with Crippen LogP contribution < -0.4 is 14.8 Å². The average molecular weight is 507 g/mol. The van der Waals surface area contributed by atoms with Crippen LogP contribution in [0.3, 0.4) is 0 Å². The Morgan fingerprint density at radius 1 is 0.921 bits per heavy atom. The fraction of sp³-hybridized carbons (Fsp3) is 0.273. The fourth-order valence-electron chi connectivity index (χ4n) is 5.09. The van der Waals surface area contributed by atoms with E-state index in [1.807, 2.05) is 24.3 Å². The molecule has 4 aromatic rings. The minimum Gasteiger partial charge on any atom is -0.497 e. The Bertz CT molecular complexity index is 1510. The smallest absolute Gasteiger partial charge is 0.256 e. The number of hydrogen-bond acceptors (Lipinski definition) is 4. The molecule has 1 aliphatic rings. The van der Waals surface area contributed by atoms with Crippen molar-refractivity contribution in [2.24, 2.45) is 0 Å². The van der Waals surface area contributed by atoms with Crippen molar-refractivity contribution in [2.45, 2.75) is 45.4 Å². The summed E-state index contributed by atoms with van der Waals surface area (Å²) in [6.07, 6.45) is 4.91. The van der Waals surface area contributed by atoms with Crippen LogP contribution in [-0.2, 0) is 11.8 Å². The molecule has 0 atom stereocenters. The van der Waals surface area contributed by atoms with Crippen LogP contribution in [0, 0.1) is 0 Å². The van der Waals surface area contributed by atoms with E-state index >= 15 is 0 Å². The van der Waals surface area contributed by atoms with Crippen molar-refractivity contribution in [1.29, 1.82) is 0 Å². The molecule has 5 nitrogen and oxygen atoms in total. The molecule has 5 heteroatoms. The van der Waals surface area contributed by atoms with Gasteiger partial charge in [-0.15, -0.1) is 0 Å². The van der Waals surface area contributed by atoms with Gasteiger partial charge in [-0.1, -0.05) is 63.2 Å². The van der Waals surface area contributed by atoms with Gasteiger partial charge in [0.15, 0.2) is 0 Å². The van der Waals surface area contributed by atoms with Crippen molar-refractivity contribution in [3.05, 3.63) is 94.7 Å². The number of ether oxygens (including phenoxy) is 2. The molecule has 1 amide bonds. The summed E-state index contributed by atoms with van der Waals surface area (Å²) in [6.45, 7) is 6.67. The van der Waals surface area contributed by atoms with E-state index in [0.29, 0.717) is 22.7 Å². The van der Waals surface area contributed by atoms with E-state index in [1.54, 1.807) is 32.4 Å². The van der Waals surface area contributed by atoms with Gasteiger partial charge in [0.25, 0.3) is 5.91 Å². The van der Waals surface area contributed by atoms with Crippen LogP contribution in [0.25, 0.3) is 22.6 Å². The van der Waals surface area contributed by atoms with Gasteiger partial charge in [-0.25, -0.2) is 4.98 Å². The second-order valence-electron chi connectivity index (χ2n) is 10.8. The minimum absolute atomic E-state index is 0.110. The zero-order valence-electron chi connectivity index (χ0n) is 22.7. The number of amides is 1. The number of nitrogens with one attached hydrogen (secondary N) is 1. The third-order valence-electron chi connectivity index (χ3n) is 7.12. The molecule has 38 heavy (non-hydrogen) atoms. The SMILES string of the molecule is COc1cc(NC(=O)c2c3c(nc4ccccc24)/C(=C\c2ccc(C(C)(C)C)cc2)CCC3)cc(OC)c1. The highest BCUT2D eigenvalue weighted by Gasteiger charge is 2.25. The molecule has 0 saturated heterocycles. The van der Waals surface area contributed by atoms with Gasteiger partial charge >= 0.3 is 0 Å². The van der Waals surface area contributed by atoms with Crippen molar-refractivity contribution in [3.8, 4) is 11.5 Å². The van der Waals surface area contributed by atoms with E-state index in [1.165, 1.54) is 5.56 Å². The van der Waals surface area contributed by atoms with E-state index in [0.717, 1.165) is 52.6 Å². The summed E-state index contributed by atoms with van der Waals surface area (Å²) in [6, 6.07) is 22.0. The predicted molar refractivity (Wildman–Crippen MR) is 155 cm³/mol. The van der Waals surface area contributed by atoms with Crippen LogP contribution in [0.1, 0.15) is 66.4 Å². The van der Waals surface area contributed by atoms with Gasteiger partial charge in [-0.3, -0.25) is 4.79 Å². The molecule has 1 aromatic heterocycles. The first-order valence-electron chi connectivity index (χ1n) is 13.0. The van der Waals surface area contributed by atoms with E-state index in [2.05, 4.69) is 56.4 Å². The Labute approximate surface area is 224 Å². The standard InChI is InChI=1S/C33H34N2O3/c1-33(2,3)23-15-13-21(14-16-23)17-22-9-8-11-28-30(27-10-6-7-12-29(27)35-31(22)28)32(36)34-24-18-25(37-4)20-26(19-24)38-5/h6-7,10,12-20H,8-9,11H2,1-5H3,(H,34,36)/b22-17-. The molecule has 5 rings (SSSR count). The van der Waals surface area contributed by atoms with Gasteiger partial charge in [-0.05, 0) is 59.1 Å². The summed E-state index contributed by atoms with van der Waals surface area (Å²) in [4.78, 5) is 18.9. The van der Waals surface area contributed by atoms with E-state index < -0.39 is 0 Å². The minimum atomic E-state index is -0.161. The quantitative estimate of drug-likeness (QED) is 0.302. The molecule has 0 bridgehead atoms. The van der Waals surface area contributed by atoms with Crippen molar-refractivity contribution in [1.82, 2.24) is 4.98 Å². The Balaban J connectivity index is 1.59. The molecule has 1 heterocycles. The first-order chi connectivity index (χ1) is 18.3. The monoisotopic (exact) mass is 506 g/mol. The second kappa shape index (κ2) is 10.3. The van der Waals surface area contributed by atoms with Crippen molar-refractivity contribution in [2.75, 3.05) is 19.5 Å². The zero-order valence-corrected chi connectivity index (χ0v) is 22.7. The third kappa shape index (κ3) is 5.14. The van der Waals surface area contributed by atoms with E-state index in [9.17, 15) is 4.79 Å². The van der Waals surface area contributed by atoms with Crippen LogP contribution in [0.15, 0.2) is 66.7 Å². The van der Waals surface area contributed by atoms with Crippen LogP contribution in [0.5, 0.6) is 11.5 Å². The lowest BCUT2D eigenvalue weighted by Gasteiger charge is -2.23. The Hall–Kier alpha value is -4.12. The molecule has 0 saturated carbocycles. The maximum absolute atomic E-state index is 13.9. The highest BCUT2D eigenvalue weighted by molar-refractivity contribution is 6.14. The number of aromatic nitrogens is 1. The van der Waals surface area contributed by atoms with Gasteiger partial charge < -0.3 is 14.8 Å². The number of anilines is 1. The largest absolute Gasteiger partial charge is 0.497 e. The first-order valence-corrected chi connectivity index (χ1v) is 13.0. The van der Waals surface area contributed by atoms with Crippen LogP contribution in [-0.4, -0.2) is 25.1 Å². The summed E-state index contributed by atoms with van der Waals surface area (Å²) >= 11 is 0. The number of hydrogen-bond donors (Lipinski definition) is 1. The number of rotatable bonds is 5. The molecule has 1 N–H and O–H groups in total. The number of para-hydroxylation sites is 1. The van der Waals surface area contributed by atoms with Gasteiger partial charge in [0.1, 0.15) is 11.5 Å². The molecule has 194 valence electrons. The third-order valence-corrected chi connectivity index (χ3v) is 7.12. The number of carbonyl (C=O) groups excluding carboxylic acids is 1. The maximum Gasteiger partial charge on any atom is 0.256 e. The number of carbonyl (C=O) groups is 1. The Morgan fingerprint density at radius 3 is 2.26 bits per heavy atom. The zero-order chi connectivity index (χ0) is 26.9. The molecule has 1 aliphatic carbocycles. The van der Waals surface area contributed by atoms with Gasteiger partial charge in [-0.2, -0.15) is 0 Å². The van der Waals surface area contributed by atoms with Crippen molar-refractivity contribution in [3.63, 3.8) is 0 Å². The molecule has 0 fully saturated rings. The molecule has 0 unspecified atom stereocenters. The lowest BCUT2D eigenvalue weighted by molar-refractivity contribution is 0.102. The molecule has 0 aliphatic heterocycles. The lowest BCUT2D eigenvalue weighted by atomic mass is 9.84. The normalized spacial score (nSPS) is 14.3. The fourth-order valence-corrected chi connectivity index (χ4v) is 5.09. The summed E-state index contributed by atoms with van der Waals surface area (Å²) in [7, 11) is 3.19. The highest BCUT2D eigenvalue weighted by Crippen LogP contribution is 2.37. The van der Waals surface area contributed by atoms with Gasteiger partial charge in [0, 0.05) is 29.3 Å². The second-order valence-corrected chi connectivity index (χ2v) is 10.8. The number of allylic oxidation sites excluding steroid dienone is 1. The summed E-state index contributed by atoms with van der Waals surface area (Å²) in [5, 5.41) is 3.94. The molecular weight excluding hydrogens is 472 g/mol. The summed E-state index contributed by atoms with van der Waals surface area (Å²) < 4.78 is 10.8. The Morgan fingerprint density at radius 2 is 1.61 bits per heavy atom. The first kappa shape index (κ1) is 25.5. The van der Waals surface area contributed by atoms with Crippen molar-refractivity contribution >= 4 is 34.1 Å². The summed E-state index contributed by atoms with van der Waals surface area (Å²) in [5.74, 6) is 1.07. The maximum atomic E-state index is 13.9. The molecule has 0 radical (unpaired) electrons. The van der Waals surface area contributed by atoms with Crippen molar-refractivity contribution < 1.29 is 14.3 Å². The average Bonchev–Trinajstić information content (AvgIpc) is 2.91. The van der Waals surface area contributed by atoms with Crippen LogP contribution in [0.2, 0.25) is 0 Å². The molecule has 3 aromatic carbocycles. The van der Waals surface area contributed by atoms with E-state index in [-0.39, 0.29) is 11.3 Å². The number of nitrogens with zero attached hydrogens (tertiary/aromatic N) is 1. The predicted octanol–water partition coefficient (Wildman–Crippen LogP) is 7.68. The molecule has 0 spiro atoms. The Kier molecular flexibility index (Phi) is 6.94. The summed E-state index contributed by atoms with van der Waals surface area (Å²) in [5.41, 5.74) is 7.76. The number of benzene rings is 3. The van der Waals surface area contributed by atoms with E-state index in [4.69, 9.17) is 14.5 Å². The van der Waals surface area contributed by atoms with Crippen LogP contribution in [0.4, 0.5) is 5.69 Å². The number of methoxy groups -OCH3 is 2. The molecular formula is C33H34N2O3. The number of fused-ring (bicyclic) bond motifs is 2. The van der Waals surface area contributed by atoms with Gasteiger partial charge in [0.2, 0.25) is 0 Å².